The fourth-order valence-electron chi connectivity index (χ4n) is 1.61. The van der Waals surface area contributed by atoms with E-state index in [1.165, 1.54) is 0 Å². The first-order valence-electron chi connectivity index (χ1n) is 4.07. The first-order valence-corrected chi connectivity index (χ1v) is 6.44. The second kappa shape index (κ2) is 3.94. The van der Waals surface area contributed by atoms with E-state index in [0.717, 1.165) is 6.42 Å². The smallest absolute Gasteiger partial charge is 0.235 e. The highest BCUT2D eigenvalue weighted by molar-refractivity contribution is 8.14. The number of rotatable bonds is 3. The summed E-state index contributed by atoms with van der Waals surface area (Å²) in [7, 11) is 1.89. The molecule has 1 heterocycles. The Morgan fingerprint density at radius 2 is 2.33 bits per heavy atom. The van der Waals surface area contributed by atoms with Crippen LogP contribution in [0.4, 0.5) is 0 Å². The minimum atomic E-state index is -3.41. The fourth-order valence-corrected chi connectivity index (χ4v) is 3.50. The van der Waals surface area contributed by atoms with E-state index in [1.54, 1.807) is 0 Å². The van der Waals surface area contributed by atoms with Crippen molar-refractivity contribution in [1.82, 2.24) is 0 Å². The highest BCUT2D eigenvalue weighted by Gasteiger charge is 2.32. The zero-order valence-corrected chi connectivity index (χ0v) is 8.57. The summed E-state index contributed by atoms with van der Waals surface area (Å²) in [4.78, 5) is 0. The van der Waals surface area contributed by atoms with Gasteiger partial charge in [0.1, 0.15) is 0 Å². The van der Waals surface area contributed by atoms with Crippen LogP contribution >= 0.6 is 10.7 Å². The molecule has 0 radical (unpaired) electrons. The summed E-state index contributed by atoms with van der Waals surface area (Å²) in [6.07, 6.45) is 1.38. The fraction of sp³-hybridized carbons (Fsp3) is 1.00. The Bertz CT molecular complexity index is 231. The summed E-state index contributed by atoms with van der Waals surface area (Å²) in [6, 6.07) is 0. The largest absolute Gasteiger partial charge is 0.381 e. The quantitative estimate of drug-likeness (QED) is 0.664. The Kier molecular flexibility index (Phi) is 3.37. The Morgan fingerprint density at radius 1 is 1.67 bits per heavy atom. The number of ether oxygens (including phenoxy) is 1. The van der Waals surface area contributed by atoms with Gasteiger partial charge in [0.05, 0.1) is 11.9 Å². The molecule has 0 aromatic rings. The molecule has 0 bridgehead atoms. The monoisotopic (exact) mass is 212 g/mol. The van der Waals surface area contributed by atoms with Gasteiger partial charge in [0.2, 0.25) is 9.05 Å². The van der Waals surface area contributed by atoms with Crippen LogP contribution in [-0.4, -0.2) is 26.9 Å². The summed E-state index contributed by atoms with van der Waals surface area (Å²) in [5.41, 5.74) is 0. The van der Waals surface area contributed by atoms with Gasteiger partial charge in [-0.2, -0.15) is 0 Å². The van der Waals surface area contributed by atoms with Gasteiger partial charge < -0.3 is 4.74 Å². The molecule has 5 heteroatoms. The van der Waals surface area contributed by atoms with Crippen molar-refractivity contribution in [3.63, 3.8) is 0 Å². The molecule has 0 amide bonds. The van der Waals surface area contributed by atoms with Crippen molar-refractivity contribution >= 4 is 19.7 Å². The van der Waals surface area contributed by atoms with Gasteiger partial charge in [-0.3, -0.25) is 0 Å². The van der Waals surface area contributed by atoms with Gasteiger partial charge in [0, 0.05) is 23.2 Å². The van der Waals surface area contributed by atoms with Crippen LogP contribution in [0.15, 0.2) is 0 Å². The summed E-state index contributed by atoms with van der Waals surface area (Å²) in [5.74, 6) is 0.0949. The Hall–Kier alpha value is 0.200. The Labute approximate surface area is 77.5 Å². The van der Waals surface area contributed by atoms with Crippen molar-refractivity contribution in [3.05, 3.63) is 0 Å². The van der Waals surface area contributed by atoms with Gasteiger partial charge in [-0.1, -0.05) is 6.92 Å². The van der Waals surface area contributed by atoms with Crippen LogP contribution in [0.25, 0.3) is 0 Å². The molecule has 1 aliphatic rings. The molecule has 0 aliphatic carbocycles. The zero-order chi connectivity index (χ0) is 9.19. The first kappa shape index (κ1) is 10.3. The van der Waals surface area contributed by atoms with Crippen LogP contribution < -0.4 is 0 Å². The molecule has 0 saturated carbocycles. The van der Waals surface area contributed by atoms with Crippen molar-refractivity contribution in [1.29, 1.82) is 0 Å². The standard InChI is InChI=1S/C7H13ClO3S/c1-2-7(12(8,9)10)6-3-4-11-5-6/h6-7H,2-5H2,1H3. The van der Waals surface area contributed by atoms with Crippen molar-refractivity contribution in [2.75, 3.05) is 13.2 Å². The van der Waals surface area contributed by atoms with Crippen LogP contribution in [0.3, 0.4) is 0 Å². The van der Waals surface area contributed by atoms with Crippen molar-refractivity contribution < 1.29 is 13.2 Å². The second-order valence-corrected chi connectivity index (χ2v) is 5.89. The summed E-state index contributed by atoms with van der Waals surface area (Å²) in [5, 5.41) is -0.429. The topological polar surface area (TPSA) is 43.4 Å². The van der Waals surface area contributed by atoms with Gasteiger partial charge >= 0.3 is 0 Å². The summed E-state index contributed by atoms with van der Waals surface area (Å²) >= 11 is 0. The molecule has 0 N–H and O–H groups in total. The van der Waals surface area contributed by atoms with E-state index >= 15 is 0 Å². The van der Waals surface area contributed by atoms with E-state index in [0.29, 0.717) is 19.6 Å². The van der Waals surface area contributed by atoms with Gasteiger partial charge in [-0.15, -0.1) is 0 Å². The SMILES string of the molecule is CCC(C1CCOC1)S(=O)(=O)Cl. The van der Waals surface area contributed by atoms with E-state index in [1.807, 2.05) is 6.92 Å². The highest BCUT2D eigenvalue weighted by Crippen LogP contribution is 2.26. The number of hydrogen-bond acceptors (Lipinski definition) is 3. The summed E-state index contributed by atoms with van der Waals surface area (Å²) in [6.45, 7) is 3.03. The predicted molar refractivity (Wildman–Crippen MR) is 47.8 cm³/mol. The zero-order valence-electron chi connectivity index (χ0n) is 6.99. The minimum absolute atomic E-state index is 0.0949. The van der Waals surface area contributed by atoms with Gasteiger partial charge in [0.25, 0.3) is 0 Å². The maximum Gasteiger partial charge on any atom is 0.235 e. The lowest BCUT2D eigenvalue weighted by molar-refractivity contribution is 0.184. The molecule has 0 spiro atoms. The lowest BCUT2D eigenvalue weighted by Crippen LogP contribution is -2.26. The van der Waals surface area contributed by atoms with Gasteiger partial charge in [-0.05, 0) is 12.8 Å². The van der Waals surface area contributed by atoms with Crippen LogP contribution in [0.5, 0.6) is 0 Å². The third kappa shape index (κ3) is 2.34. The predicted octanol–water partition coefficient (Wildman–Crippen LogP) is 1.37. The van der Waals surface area contributed by atoms with E-state index in [-0.39, 0.29) is 5.92 Å². The highest BCUT2D eigenvalue weighted by atomic mass is 35.7. The van der Waals surface area contributed by atoms with Gasteiger partial charge in [0.15, 0.2) is 0 Å². The molecule has 0 aromatic carbocycles. The maximum absolute atomic E-state index is 11.1. The molecule has 3 nitrogen and oxygen atoms in total. The molecule has 12 heavy (non-hydrogen) atoms. The van der Waals surface area contributed by atoms with Crippen molar-refractivity contribution in [3.8, 4) is 0 Å². The molecule has 1 fully saturated rings. The normalized spacial score (nSPS) is 27.3. The molecule has 72 valence electrons. The lowest BCUT2D eigenvalue weighted by atomic mass is 10.0. The molecule has 1 aliphatic heterocycles. The molecule has 1 rings (SSSR count). The molecular weight excluding hydrogens is 200 g/mol. The van der Waals surface area contributed by atoms with Crippen molar-refractivity contribution in [2.45, 2.75) is 25.0 Å². The van der Waals surface area contributed by atoms with Crippen LogP contribution in [0.2, 0.25) is 0 Å². The van der Waals surface area contributed by atoms with Crippen LogP contribution in [-0.2, 0) is 13.8 Å². The van der Waals surface area contributed by atoms with E-state index in [4.69, 9.17) is 15.4 Å². The van der Waals surface area contributed by atoms with Crippen molar-refractivity contribution in [2.24, 2.45) is 5.92 Å². The summed E-state index contributed by atoms with van der Waals surface area (Å²) < 4.78 is 27.2. The average molecular weight is 213 g/mol. The lowest BCUT2D eigenvalue weighted by Gasteiger charge is -2.16. The molecule has 2 unspecified atom stereocenters. The average Bonchev–Trinajstić information content (AvgIpc) is 2.38. The molecule has 1 saturated heterocycles. The van der Waals surface area contributed by atoms with Crippen LogP contribution in [0.1, 0.15) is 19.8 Å². The number of hydrogen-bond donors (Lipinski definition) is 0. The molecular formula is C7H13ClO3S. The number of halogens is 1. The van der Waals surface area contributed by atoms with E-state index in [2.05, 4.69) is 0 Å². The van der Waals surface area contributed by atoms with Crippen LogP contribution in [0, 0.1) is 5.92 Å². The maximum atomic E-state index is 11.1. The Balaban J connectivity index is 2.68. The van der Waals surface area contributed by atoms with E-state index < -0.39 is 14.3 Å². The first-order chi connectivity index (χ1) is 5.55. The Morgan fingerprint density at radius 3 is 2.67 bits per heavy atom. The second-order valence-electron chi connectivity index (χ2n) is 3.05. The third-order valence-electron chi connectivity index (χ3n) is 2.25. The molecule has 0 aromatic heterocycles. The minimum Gasteiger partial charge on any atom is -0.381 e. The van der Waals surface area contributed by atoms with E-state index in [9.17, 15) is 8.42 Å². The molecule has 2 atom stereocenters. The van der Waals surface area contributed by atoms with Gasteiger partial charge in [-0.25, -0.2) is 8.42 Å². The third-order valence-corrected chi connectivity index (χ3v) is 4.38.